The van der Waals surface area contributed by atoms with Gasteiger partial charge >= 0.3 is 0 Å². The fraction of sp³-hybridized carbons (Fsp3) is 0.200. The van der Waals surface area contributed by atoms with Crippen molar-refractivity contribution >= 4 is 11.4 Å². The molecule has 1 aromatic rings. The number of nitro groups is 1. The molecular weight excluding hydrogens is 199 g/mol. The van der Waals surface area contributed by atoms with E-state index in [1.54, 1.807) is 13.0 Å². The molecule has 15 heavy (non-hydrogen) atoms. The number of benzene rings is 1. The summed E-state index contributed by atoms with van der Waals surface area (Å²) in [5.41, 5.74) is -0.0303. The lowest BCUT2D eigenvalue weighted by Gasteiger charge is -2.10. The molecular formula is C10H11FN2O2. The number of anilines is 1. The predicted molar refractivity (Wildman–Crippen MR) is 56.3 cm³/mol. The molecule has 1 atom stereocenters. The first-order chi connectivity index (χ1) is 7.04. The van der Waals surface area contributed by atoms with Crippen LogP contribution >= 0.6 is 0 Å². The first-order valence-electron chi connectivity index (χ1n) is 4.37. The Morgan fingerprint density at radius 3 is 2.80 bits per heavy atom. The molecule has 0 aliphatic carbocycles. The number of nitro benzene ring substituents is 1. The molecule has 0 aliphatic rings. The molecule has 80 valence electrons. The predicted octanol–water partition coefficient (Wildman–Crippen LogP) is 2.72. The molecule has 0 spiro atoms. The van der Waals surface area contributed by atoms with Gasteiger partial charge in [-0.2, -0.15) is 0 Å². The SMILES string of the molecule is C=CC(C)Nc1ccc([N+](=O)[O-])cc1F. The molecule has 1 N–H and O–H groups in total. The number of nitrogens with one attached hydrogen (secondary N) is 1. The van der Waals surface area contributed by atoms with E-state index in [-0.39, 0.29) is 17.4 Å². The van der Waals surface area contributed by atoms with Crippen LogP contribution in [-0.2, 0) is 0 Å². The summed E-state index contributed by atoms with van der Waals surface area (Å²) in [5, 5.41) is 13.2. The molecule has 4 nitrogen and oxygen atoms in total. The normalized spacial score (nSPS) is 11.9. The molecule has 0 amide bonds. The van der Waals surface area contributed by atoms with E-state index in [1.165, 1.54) is 12.1 Å². The molecule has 0 saturated heterocycles. The molecule has 0 radical (unpaired) electrons. The van der Waals surface area contributed by atoms with Crippen molar-refractivity contribution in [3.05, 3.63) is 46.8 Å². The number of rotatable bonds is 4. The molecule has 1 aromatic carbocycles. The van der Waals surface area contributed by atoms with Gasteiger partial charge in [-0.1, -0.05) is 6.08 Å². The highest BCUT2D eigenvalue weighted by Crippen LogP contribution is 2.20. The Bertz CT molecular complexity index is 393. The molecule has 0 saturated carbocycles. The van der Waals surface area contributed by atoms with E-state index in [0.717, 1.165) is 6.07 Å². The van der Waals surface area contributed by atoms with Crippen molar-refractivity contribution < 1.29 is 9.31 Å². The largest absolute Gasteiger partial charge is 0.377 e. The first kappa shape index (κ1) is 11.2. The summed E-state index contributed by atoms with van der Waals surface area (Å²) in [4.78, 5) is 9.71. The Morgan fingerprint density at radius 1 is 1.67 bits per heavy atom. The summed E-state index contributed by atoms with van der Waals surface area (Å²) in [5.74, 6) is -0.641. The van der Waals surface area contributed by atoms with Crippen LogP contribution in [0.2, 0.25) is 0 Å². The van der Waals surface area contributed by atoms with Gasteiger partial charge in [0.15, 0.2) is 5.82 Å². The van der Waals surface area contributed by atoms with Crippen LogP contribution in [0.3, 0.4) is 0 Å². The Labute approximate surface area is 86.6 Å². The third-order valence-electron chi connectivity index (χ3n) is 1.90. The molecule has 0 fully saturated rings. The minimum absolute atomic E-state index is 0.0963. The van der Waals surface area contributed by atoms with Gasteiger partial charge in [-0.25, -0.2) is 4.39 Å². The summed E-state index contributed by atoms with van der Waals surface area (Å²) in [6.07, 6.45) is 1.61. The van der Waals surface area contributed by atoms with Crippen molar-refractivity contribution in [1.29, 1.82) is 0 Å². The highest BCUT2D eigenvalue weighted by molar-refractivity contribution is 5.51. The van der Waals surface area contributed by atoms with Crippen LogP contribution in [0.5, 0.6) is 0 Å². The van der Waals surface area contributed by atoms with E-state index >= 15 is 0 Å². The highest BCUT2D eigenvalue weighted by Gasteiger charge is 2.10. The number of non-ortho nitro benzene ring substituents is 1. The second-order valence-corrected chi connectivity index (χ2v) is 3.09. The van der Waals surface area contributed by atoms with Gasteiger partial charge in [-0.05, 0) is 13.0 Å². The van der Waals surface area contributed by atoms with Gasteiger partial charge in [-0.15, -0.1) is 6.58 Å². The first-order valence-corrected chi connectivity index (χ1v) is 4.37. The van der Waals surface area contributed by atoms with Crippen LogP contribution in [0.4, 0.5) is 15.8 Å². The maximum absolute atomic E-state index is 13.3. The van der Waals surface area contributed by atoms with E-state index in [0.29, 0.717) is 0 Å². The van der Waals surface area contributed by atoms with Crippen LogP contribution < -0.4 is 5.32 Å². The van der Waals surface area contributed by atoms with E-state index in [1.807, 2.05) is 0 Å². The van der Waals surface area contributed by atoms with Crippen molar-refractivity contribution in [2.24, 2.45) is 0 Å². The fourth-order valence-electron chi connectivity index (χ4n) is 1.04. The average molecular weight is 210 g/mol. The Morgan fingerprint density at radius 2 is 2.33 bits per heavy atom. The third kappa shape index (κ3) is 2.77. The zero-order chi connectivity index (χ0) is 11.4. The van der Waals surface area contributed by atoms with E-state index in [2.05, 4.69) is 11.9 Å². The maximum Gasteiger partial charge on any atom is 0.272 e. The van der Waals surface area contributed by atoms with E-state index in [4.69, 9.17) is 0 Å². The summed E-state index contributed by atoms with van der Waals surface area (Å²) < 4.78 is 13.3. The van der Waals surface area contributed by atoms with Gasteiger partial charge in [0.2, 0.25) is 0 Å². The Kier molecular flexibility index (Phi) is 3.38. The summed E-state index contributed by atoms with van der Waals surface area (Å²) in [6.45, 7) is 5.34. The van der Waals surface area contributed by atoms with E-state index in [9.17, 15) is 14.5 Å². The fourth-order valence-corrected chi connectivity index (χ4v) is 1.04. The maximum atomic E-state index is 13.3. The van der Waals surface area contributed by atoms with Crippen LogP contribution in [0, 0.1) is 15.9 Å². The van der Waals surface area contributed by atoms with Crippen LogP contribution in [0.25, 0.3) is 0 Å². The van der Waals surface area contributed by atoms with Gasteiger partial charge in [0, 0.05) is 12.1 Å². The topological polar surface area (TPSA) is 55.2 Å². The lowest BCUT2D eigenvalue weighted by atomic mass is 10.2. The molecule has 0 aromatic heterocycles. The number of halogens is 1. The van der Waals surface area contributed by atoms with Crippen molar-refractivity contribution in [1.82, 2.24) is 0 Å². The molecule has 0 bridgehead atoms. The van der Waals surface area contributed by atoms with Crippen molar-refractivity contribution in [2.45, 2.75) is 13.0 Å². The molecule has 5 heteroatoms. The lowest BCUT2D eigenvalue weighted by molar-refractivity contribution is -0.385. The second kappa shape index (κ2) is 4.54. The van der Waals surface area contributed by atoms with Gasteiger partial charge in [0.05, 0.1) is 16.7 Å². The summed E-state index contributed by atoms with van der Waals surface area (Å²) in [7, 11) is 0. The smallest absolute Gasteiger partial charge is 0.272 e. The van der Waals surface area contributed by atoms with Crippen LogP contribution in [0.1, 0.15) is 6.92 Å². The van der Waals surface area contributed by atoms with Crippen molar-refractivity contribution in [3.63, 3.8) is 0 Å². The highest BCUT2D eigenvalue weighted by atomic mass is 19.1. The number of nitrogens with zero attached hydrogens (tertiary/aromatic N) is 1. The monoisotopic (exact) mass is 210 g/mol. The zero-order valence-electron chi connectivity index (χ0n) is 8.24. The second-order valence-electron chi connectivity index (χ2n) is 3.09. The standard InChI is InChI=1S/C10H11FN2O2/c1-3-7(2)12-10-5-4-8(13(14)15)6-9(10)11/h3-7,12H,1H2,2H3. The molecule has 0 heterocycles. The number of hydrogen-bond acceptors (Lipinski definition) is 3. The molecule has 1 unspecified atom stereocenters. The molecule has 1 rings (SSSR count). The van der Waals surface area contributed by atoms with Gasteiger partial charge in [0.25, 0.3) is 5.69 Å². The van der Waals surface area contributed by atoms with Gasteiger partial charge < -0.3 is 5.32 Å². The Balaban J connectivity index is 2.93. The quantitative estimate of drug-likeness (QED) is 0.472. The number of hydrogen-bond donors (Lipinski definition) is 1. The van der Waals surface area contributed by atoms with E-state index < -0.39 is 10.7 Å². The minimum Gasteiger partial charge on any atom is -0.377 e. The lowest BCUT2D eigenvalue weighted by Crippen LogP contribution is -2.12. The molecule has 0 aliphatic heterocycles. The van der Waals surface area contributed by atoms with Gasteiger partial charge in [-0.3, -0.25) is 10.1 Å². The van der Waals surface area contributed by atoms with Crippen LogP contribution in [0.15, 0.2) is 30.9 Å². The Hall–Kier alpha value is -1.91. The van der Waals surface area contributed by atoms with Crippen LogP contribution in [-0.4, -0.2) is 11.0 Å². The average Bonchev–Trinajstić information content (AvgIpc) is 2.20. The summed E-state index contributed by atoms with van der Waals surface area (Å²) >= 11 is 0. The van der Waals surface area contributed by atoms with Gasteiger partial charge in [0.1, 0.15) is 0 Å². The van der Waals surface area contributed by atoms with Crippen molar-refractivity contribution in [3.8, 4) is 0 Å². The third-order valence-corrected chi connectivity index (χ3v) is 1.90. The van der Waals surface area contributed by atoms with Crippen molar-refractivity contribution in [2.75, 3.05) is 5.32 Å². The summed E-state index contributed by atoms with van der Waals surface area (Å²) in [6, 6.07) is 3.38. The minimum atomic E-state index is -0.641. The zero-order valence-corrected chi connectivity index (χ0v) is 8.24.